The van der Waals surface area contributed by atoms with Gasteiger partial charge in [-0.15, -0.1) is 0 Å². The van der Waals surface area contributed by atoms with E-state index in [0.717, 1.165) is 22.3 Å². The summed E-state index contributed by atoms with van der Waals surface area (Å²) >= 11 is 0. The van der Waals surface area contributed by atoms with Gasteiger partial charge in [0.1, 0.15) is 5.75 Å². The van der Waals surface area contributed by atoms with E-state index in [2.05, 4.69) is 0 Å². The minimum atomic E-state index is -0.355. The number of hydrogen-bond donors (Lipinski definition) is 0. The summed E-state index contributed by atoms with van der Waals surface area (Å²) < 4.78 is 5.46. The Labute approximate surface area is 126 Å². The van der Waals surface area contributed by atoms with E-state index < -0.39 is 0 Å². The van der Waals surface area contributed by atoms with Gasteiger partial charge in [-0.25, -0.2) is 4.79 Å². The number of ether oxygens (including phenoxy) is 1. The molecule has 0 radical (unpaired) electrons. The summed E-state index contributed by atoms with van der Waals surface area (Å²) in [7, 11) is 0. The van der Waals surface area contributed by atoms with Crippen molar-refractivity contribution in [3.63, 3.8) is 0 Å². The maximum absolute atomic E-state index is 12.0. The minimum absolute atomic E-state index is 0.355. The molecule has 0 saturated carbocycles. The minimum Gasteiger partial charge on any atom is -0.423 e. The second kappa shape index (κ2) is 6.40. The average molecular weight is 280 g/mol. The third kappa shape index (κ3) is 4.06. The van der Waals surface area contributed by atoms with Gasteiger partial charge in [0.25, 0.3) is 0 Å². The second-order valence-corrected chi connectivity index (χ2v) is 5.40. The smallest absolute Gasteiger partial charge is 0.336 e. The van der Waals surface area contributed by atoms with Crippen molar-refractivity contribution in [2.45, 2.75) is 27.7 Å². The van der Waals surface area contributed by atoms with Crippen LogP contribution < -0.4 is 4.74 Å². The molecule has 21 heavy (non-hydrogen) atoms. The van der Waals surface area contributed by atoms with Crippen molar-refractivity contribution < 1.29 is 9.53 Å². The summed E-state index contributed by atoms with van der Waals surface area (Å²) in [5.74, 6) is 0.297. The van der Waals surface area contributed by atoms with Crippen molar-refractivity contribution in [1.82, 2.24) is 0 Å². The molecule has 2 heteroatoms. The molecule has 0 bridgehead atoms. The zero-order valence-electron chi connectivity index (χ0n) is 12.9. The molecular weight excluding hydrogens is 260 g/mol. The summed E-state index contributed by atoms with van der Waals surface area (Å²) in [5, 5.41) is 0. The van der Waals surface area contributed by atoms with E-state index >= 15 is 0 Å². The summed E-state index contributed by atoms with van der Waals surface area (Å²) in [4.78, 5) is 12.0. The van der Waals surface area contributed by atoms with Crippen molar-refractivity contribution in [2.24, 2.45) is 0 Å². The van der Waals surface area contributed by atoms with Gasteiger partial charge in [0.2, 0.25) is 0 Å². The van der Waals surface area contributed by atoms with Gasteiger partial charge in [-0.2, -0.15) is 0 Å². The Morgan fingerprint density at radius 2 is 1.62 bits per heavy atom. The molecule has 0 aliphatic carbocycles. The Kier molecular flexibility index (Phi) is 4.59. The fraction of sp³-hybridized carbons (Fsp3) is 0.211. The molecule has 0 atom stereocenters. The van der Waals surface area contributed by atoms with Gasteiger partial charge < -0.3 is 4.74 Å². The van der Waals surface area contributed by atoms with Crippen LogP contribution in [0.1, 0.15) is 27.8 Å². The standard InChI is InChI=1S/C19H20O2/c1-13-6-5-7-17(12-13)8-9-18(20)21-19-15(3)10-14(2)11-16(19)4/h5-12H,1-4H3/b9-8+. The molecule has 0 saturated heterocycles. The van der Waals surface area contributed by atoms with Crippen molar-refractivity contribution in [2.75, 3.05) is 0 Å². The van der Waals surface area contributed by atoms with Crippen LogP contribution in [0.4, 0.5) is 0 Å². The Hall–Kier alpha value is -2.35. The van der Waals surface area contributed by atoms with Crippen molar-refractivity contribution >= 4 is 12.0 Å². The molecule has 0 spiro atoms. The molecular formula is C19H20O2. The molecule has 0 aromatic heterocycles. The Balaban J connectivity index is 2.12. The monoisotopic (exact) mass is 280 g/mol. The van der Waals surface area contributed by atoms with Crippen LogP contribution in [0.3, 0.4) is 0 Å². The lowest BCUT2D eigenvalue weighted by Gasteiger charge is -2.10. The highest BCUT2D eigenvalue weighted by molar-refractivity contribution is 5.89. The molecule has 0 amide bonds. The third-order valence-electron chi connectivity index (χ3n) is 3.26. The Morgan fingerprint density at radius 3 is 2.24 bits per heavy atom. The SMILES string of the molecule is Cc1cccc(/C=C/C(=O)Oc2c(C)cc(C)cc2C)c1. The topological polar surface area (TPSA) is 26.3 Å². The Morgan fingerprint density at radius 1 is 0.952 bits per heavy atom. The van der Waals surface area contributed by atoms with E-state index in [1.807, 2.05) is 64.1 Å². The normalized spacial score (nSPS) is 10.9. The molecule has 2 nitrogen and oxygen atoms in total. The molecule has 2 rings (SSSR count). The average Bonchev–Trinajstić information content (AvgIpc) is 2.40. The predicted octanol–water partition coefficient (Wildman–Crippen LogP) is 4.54. The number of carbonyl (C=O) groups is 1. The number of benzene rings is 2. The van der Waals surface area contributed by atoms with Gasteiger partial charge in [0, 0.05) is 6.08 Å². The van der Waals surface area contributed by atoms with E-state index in [4.69, 9.17) is 4.74 Å². The van der Waals surface area contributed by atoms with E-state index in [1.165, 1.54) is 11.6 Å². The highest BCUT2D eigenvalue weighted by Crippen LogP contribution is 2.24. The van der Waals surface area contributed by atoms with E-state index in [-0.39, 0.29) is 5.97 Å². The van der Waals surface area contributed by atoms with Gasteiger partial charge in [0.15, 0.2) is 0 Å². The van der Waals surface area contributed by atoms with Crippen molar-refractivity contribution in [3.05, 3.63) is 70.3 Å². The van der Waals surface area contributed by atoms with Crippen LogP contribution in [-0.4, -0.2) is 5.97 Å². The number of rotatable bonds is 3. The summed E-state index contributed by atoms with van der Waals surface area (Å²) in [5.41, 5.74) is 5.27. The van der Waals surface area contributed by atoms with Gasteiger partial charge in [0.05, 0.1) is 0 Å². The molecule has 2 aromatic carbocycles. The number of carbonyl (C=O) groups excluding carboxylic acids is 1. The third-order valence-corrected chi connectivity index (χ3v) is 3.26. The molecule has 0 unspecified atom stereocenters. The van der Waals surface area contributed by atoms with Crippen molar-refractivity contribution in [3.8, 4) is 5.75 Å². The van der Waals surface area contributed by atoms with Crippen LogP contribution >= 0.6 is 0 Å². The fourth-order valence-electron chi connectivity index (χ4n) is 2.40. The summed E-state index contributed by atoms with van der Waals surface area (Å²) in [6.45, 7) is 7.96. The first-order valence-electron chi connectivity index (χ1n) is 7.00. The molecule has 108 valence electrons. The number of hydrogen-bond acceptors (Lipinski definition) is 2. The van der Waals surface area contributed by atoms with E-state index in [9.17, 15) is 4.79 Å². The van der Waals surface area contributed by atoms with Crippen LogP contribution in [0.25, 0.3) is 6.08 Å². The lowest BCUT2D eigenvalue weighted by atomic mass is 10.1. The second-order valence-electron chi connectivity index (χ2n) is 5.40. The first kappa shape index (κ1) is 15.0. The highest BCUT2D eigenvalue weighted by atomic mass is 16.5. The van der Waals surface area contributed by atoms with Gasteiger partial charge in [-0.05, 0) is 50.5 Å². The molecule has 0 aliphatic rings. The van der Waals surface area contributed by atoms with Crippen LogP contribution in [0.15, 0.2) is 42.5 Å². The van der Waals surface area contributed by atoms with Crippen LogP contribution in [0.5, 0.6) is 5.75 Å². The summed E-state index contributed by atoms with van der Waals surface area (Å²) in [6, 6.07) is 12.0. The van der Waals surface area contributed by atoms with Crippen molar-refractivity contribution in [1.29, 1.82) is 0 Å². The van der Waals surface area contributed by atoms with Gasteiger partial charge in [-0.1, -0.05) is 47.5 Å². The lowest BCUT2D eigenvalue weighted by molar-refractivity contribution is -0.129. The van der Waals surface area contributed by atoms with Crippen LogP contribution in [-0.2, 0) is 4.79 Å². The molecule has 0 aliphatic heterocycles. The Bertz CT molecular complexity index is 673. The molecule has 2 aromatic rings. The van der Waals surface area contributed by atoms with E-state index in [0.29, 0.717) is 5.75 Å². The van der Waals surface area contributed by atoms with Crippen LogP contribution in [0, 0.1) is 27.7 Å². The zero-order chi connectivity index (χ0) is 15.4. The van der Waals surface area contributed by atoms with Gasteiger partial charge >= 0.3 is 5.97 Å². The van der Waals surface area contributed by atoms with Gasteiger partial charge in [-0.3, -0.25) is 0 Å². The predicted molar refractivity (Wildman–Crippen MR) is 86.5 cm³/mol. The quantitative estimate of drug-likeness (QED) is 0.469. The number of esters is 1. The first-order valence-corrected chi connectivity index (χ1v) is 7.00. The highest BCUT2D eigenvalue weighted by Gasteiger charge is 2.08. The first-order chi connectivity index (χ1) is 9.95. The fourth-order valence-corrected chi connectivity index (χ4v) is 2.40. The molecule has 0 heterocycles. The van der Waals surface area contributed by atoms with E-state index in [1.54, 1.807) is 6.08 Å². The molecule has 0 N–H and O–H groups in total. The van der Waals surface area contributed by atoms with Crippen LogP contribution in [0.2, 0.25) is 0 Å². The maximum Gasteiger partial charge on any atom is 0.336 e. The maximum atomic E-state index is 12.0. The lowest BCUT2D eigenvalue weighted by Crippen LogP contribution is -2.06. The summed E-state index contributed by atoms with van der Waals surface area (Å²) in [6.07, 6.45) is 3.24. The number of aryl methyl sites for hydroxylation is 4. The largest absolute Gasteiger partial charge is 0.423 e. The zero-order valence-corrected chi connectivity index (χ0v) is 12.9. The molecule has 0 fully saturated rings.